The molecule has 2 rings (SSSR count). The summed E-state index contributed by atoms with van der Waals surface area (Å²) in [7, 11) is 0. The van der Waals surface area contributed by atoms with Crippen LogP contribution in [-0.4, -0.2) is 34.0 Å². The number of thioether (sulfide) groups is 1. The highest BCUT2D eigenvalue weighted by molar-refractivity contribution is 7.99. The van der Waals surface area contributed by atoms with Crippen LogP contribution in [0, 0.1) is 6.92 Å². The molecule has 0 spiro atoms. The first kappa shape index (κ1) is 25.6. The second-order valence-corrected chi connectivity index (χ2v) is 10.6. The van der Waals surface area contributed by atoms with Crippen LogP contribution in [0.5, 0.6) is 0 Å². The Morgan fingerprint density at radius 2 is 1.71 bits per heavy atom. The van der Waals surface area contributed by atoms with Gasteiger partial charge in [0.2, 0.25) is 11.8 Å². The summed E-state index contributed by atoms with van der Waals surface area (Å²) in [6.45, 7) is 9.83. The lowest BCUT2D eigenvalue weighted by Gasteiger charge is -2.31. The topological polar surface area (TPSA) is 49.4 Å². The van der Waals surface area contributed by atoms with E-state index in [1.54, 1.807) is 35.7 Å². The van der Waals surface area contributed by atoms with Crippen molar-refractivity contribution in [2.24, 2.45) is 0 Å². The van der Waals surface area contributed by atoms with Gasteiger partial charge in [-0.1, -0.05) is 47.0 Å². The first-order valence-corrected chi connectivity index (χ1v) is 12.0. The van der Waals surface area contributed by atoms with Crippen LogP contribution < -0.4 is 5.32 Å². The summed E-state index contributed by atoms with van der Waals surface area (Å²) in [6, 6.07) is 12.9. The minimum absolute atomic E-state index is 0.0813. The van der Waals surface area contributed by atoms with Crippen LogP contribution in [0.1, 0.15) is 45.2 Å². The number of hydrogen-bond donors (Lipinski definition) is 1. The van der Waals surface area contributed by atoms with Gasteiger partial charge in [0.25, 0.3) is 0 Å². The van der Waals surface area contributed by atoms with E-state index in [0.29, 0.717) is 22.2 Å². The molecule has 4 nitrogen and oxygen atoms in total. The maximum absolute atomic E-state index is 13.1. The van der Waals surface area contributed by atoms with Crippen molar-refractivity contribution in [3.8, 4) is 0 Å². The number of carbonyl (C=O) groups excluding carboxylic acids is 2. The molecule has 1 N–H and O–H groups in total. The lowest BCUT2D eigenvalue weighted by Crippen LogP contribution is -2.52. The molecule has 7 heteroatoms. The first-order valence-electron chi connectivity index (χ1n) is 10.2. The zero-order valence-corrected chi connectivity index (χ0v) is 21.0. The Labute approximate surface area is 199 Å². The second kappa shape index (κ2) is 11.3. The zero-order chi connectivity index (χ0) is 23.2. The van der Waals surface area contributed by atoms with Crippen LogP contribution in [0.25, 0.3) is 0 Å². The van der Waals surface area contributed by atoms with Gasteiger partial charge >= 0.3 is 0 Å². The van der Waals surface area contributed by atoms with E-state index in [9.17, 15) is 9.59 Å². The van der Waals surface area contributed by atoms with Crippen molar-refractivity contribution in [2.75, 3.05) is 5.75 Å². The lowest BCUT2D eigenvalue weighted by atomic mass is 10.1. The van der Waals surface area contributed by atoms with Crippen molar-refractivity contribution in [3.63, 3.8) is 0 Å². The predicted octanol–water partition coefficient (Wildman–Crippen LogP) is 6.12. The number of rotatable bonds is 8. The van der Waals surface area contributed by atoms with E-state index in [1.807, 2.05) is 33.8 Å². The highest BCUT2D eigenvalue weighted by Crippen LogP contribution is 2.25. The standard InChI is InChI=1S/C24H30Cl2N2O2S/c1-16-6-9-19(10-7-16)31-13-12-22(29)28(17(2)23(30)27-24(3,4)5)15-18-8-11-20(25)21(26)14-18/h6-11,14,17H,12-13,15H2,1-5H3,(H,27,30)/t17-/m0/s1. The molecule has 0 radical (unpaired) electrons. The summed E-state index contributed by atoms with van der Waals surface area (Å²) in [6.07, 6.45) is 0.326. The molecular formula is C24H30Cl2N2O2S. The van der Waals surface area contributed by atoms with Crippen molar-refractivity contribution >= 4 is 46.8 Å². The molecule has 0 heterocycles. The van der Waals surface area contributed by atoms with Gasteiger partial charge in [-0.3, -0.25) is 9.59 Å². The molecule has 0 unspecified atom stereocenters. The van der Waals surface area contributed by atoms with Gasteiger partial charge in [0.05, 0.1) is 10.0 Å². The van der Waals surface area contributed by atoms with Crippen molar-refractivity contribution in [3.05, 3.63) is 63.6 Å². The Bertz CT molecular complexity index is 911. The third-order valence-corrected chi connectivity index (χ3v) is 6.36. The third kappa shape index (κ3) is 8.40. The number of amides is 2. The molecule has 0 saturated carbocycles. The molecule has 0 aromatic heterocycles. The number of carbonyl (C=O) groups is 2. The third-order valence-electron chi connectivity index (χ3n) is 4.61. The van der Waals surface area contributed by atoms with Crippen LogP contribution in [0.15, 0.2) is 47.4 Å². The fourth-order valence-corrected chi connectivity index (χ4v) is 4.09. The fourth-order valence-electron chi connectivity index (χ4n) is 2.93. The van der Waals surface area contributed by atoms with Gasteiger partial charge in [-0.2, -0.15) is 0 Å². The van der Waals surface area contributed by atoms with Crippen molar-refractivity contribution in [2.45, 2.75) is 64.1 Å². The molecule has 0 saturated heterocycles. The van der Waals surface area contributed by atoms with Crippen LogP contribution in [0.3, 0.4) is 0 Å². The van der Waals surface area contributed by atoms with E-state index >= 15 is 0 Å². The molecule has 2 aromatic rings. The predicted molar refractivity (Wildman–Crippen MR) is 131 cm³/mol. The Morgan fingerprint density at radius 3 is 2.29 bits per heavy atom. The van der Waals surface area contributed by atoms with Gasteiger partial charge in [0.15, 0.2) is 0 Å². The number of nitrogens with zero attached hydrogens (tertiary/aromatic N) is 1. The molecule has 168 valence electrons. The molecule has 0 aliphatic rings. The van der Waals surface area contributed by atoms with E-state index in [0.717, 1.165) is 10.5 Å². The first-order chi connectivity index (χ1) is 14.5. The highest BCUT2D eigenvalue weighted by Gasteiger charge is 2.28. The van der Waals surface area contributed by atoms with Gasteiger partial charge in [-0.25, -0.2) is 0 Å². The molecule has 0 bridgehead atoms. The highest BCUT2D eigenvalue weighted by atomic mass is 35.5. The number of nitrogens with one attached hydrogen (secondary N) is 1. The second-order valence-electron chi connectivity index (χ2n) is 8.60. The lowest BCUT2D eigenvalue weighted by molar-refractivity contribution is -0.140. The Kier molecular flexibility index (Phi) is 9.28. The number of hydrogen-bond acceptors (Lipinski definition) is 3. The minimum atomic E-state index is -0.620. The summed E-state index contributed by atoms with van der Waals surface area (Å²) < 4.78 is 0. The molecule has 2 amide bonds. The van der Waals surface area contributed by atoms with Gasteiger partial charge in [-0.05, 0) is 64.4 Å². The van der Waals surface area contributed by atoms with Crippen LogP contribution >= 0.6 is 35.0 Å². The quantitative estimate of drug-likeness (QED) is 0.463. The van der Waals surface area contributed by atoms with Gasteiger partial charge < -0.3 is 10.2 Å². The average Bonchev–Trinajstić information content (AvgIpc) is 2.68. The summed E-state index contributed by atoms with van der Waals surface area (Å²) >= 11 is 13.8. The smallest absolute Gasteiger partial charge is 0.242 e. The molecule has 0 fully saturated rings. The van der Waals surface area contributed by atoms with Gasteiger partial charge in [0.1, 0.15) is 6.04 Å². The van der Waals surface area contributed by atoms with Crippen molar-refractivity contribution < 1.29 is 9.59 Å². The van der Waals surface area contributed by atoms with Crippen LogP contribution in [0.2, 0.25) is 10.0 Å². The fraction of sp³-hybridized carbons (Fsp3) is 0.417. The maximum Gasteiger partial charge on any atom is 0.242 e. The average molecular weight is 481 g/mol. The number of benzene rings is 2. The van der Waals surface area contributed by atoms with Crippen LogP contribution in [0.4, 0.5) is 0 Å². The Balaban J connectivity index is 2.12. The molecular weight excluding hydrogens is 451 g/mol. The number of halogens is 2. The molecule has 1 atom stereocenters. The summed E-state index contributed by atoms with van der Waals surface area (Å²) in [5.74, 6) is 0.363. The Hall–Kier alpha value is -1.69. The molecule has 2 aromatic carbocycles. The normalized spacial score (nSPS) is 12.4. The van der Waals surface area contributed by atoms with E-state index < -0.39 is 6.04 Å². The van der Waals surface area contributed by atoms with Gasteiger partial charge in [0, 0.05) is 29.2 Å². The molecule has 0 aliphatic carbocycles. The molecule has 0 aliphatic heterocycles. The number of aryl methyl sites for hydroxylation is 1. The minimum Gasteiger partial charge on any atom is -0.350 e. The van der Waals surface area contributed by atoms with Crippen molar-refractivity contribution in [1.82, 2.24) is 10.2 Å². The van der Waals surface area contributed by atoms with E-state index in [4.69, 9.17) is 23.2 Å². The van der Waals surface area contributed by atoms with E-state index in [1.165, 1.54) is 5.56 Å². The largest absolute Gasteiger partial charge is 0.350 e. The zero-order valence-electron chi connectivity index (χ0n) is 18.7. The van der Waals surface area contributed by atoms with Gasteiger partial charge in [-0.15, -0.1) is 11.8 Å². The molecule has 31 heavy (non-hydrogen) atoms. The summed E-state index contributed by atoms with van der Waals surface area (Å²) in [4.78, 5) is 28.6. The summed E-state index contributed by atoms with van der Waals surface area (Å²) in [5.41, 5.74) is 1.64. The SMILES string of the molecule is Cc1ccc(SCCC(=O)N(Cc2ccc(Cl)c(Cl)c2)[C@@H](C)C(=O)NC(C)(C)C)cc1. The maximum atomic E-state index is 13.1. The van der Waals surface area contributed by atoms with Crippen LogP contribution in [-0.2, 0) is 16.1 Å². The summed E-state index contributed by atoms with van der Waals surface area (Å²) in [5, 5.41) is 3.84. The van der Waals surface area contributed by atoms with Crippen molar-refractivity contribution in [1.29, 1.82) is 0 Å². The van der Waals surface area contributed by atoms with E-state index in [-0.39, 0.29) is 23.9 Å². The monoisotopic (exact) mass is 480 g/mol. The Morgan fingerprint density at radius 1 is 1.06 bits per heavy atom. The van der Waals surface area contributed by atoms with E-state index in [2.05, 4.69) is 29.6 Å².